The Balaban J connectivity index is 0.000000771. The van der Waals surface area contributed by atoms with Gasteiger partial charge in [0.05, 0.1) is 0 Å². The van der Waals surface area contributed by atoms with Gasteiger partial charge in [-0.05, 0) is 57.0 Å². The Morgan fingerprint density at radius 1 is 1.44 bits per heavy atom. The zero-order valence-corrected chi connectivity index (χ0v) is 12.2. The van der Waals surface area contributed by atoms with Gasteiger partial charge in [-0.1, -0.05) is 13.8 Å². The molecule has 102 valence electrons. The van der Waals surface area contributed by atoms with E-state index in [0.717, 1.165) is 18.3 Å². The van der Waals surface area contributed by atoms with Gasteiger partial charge in [0, 0.05) is 19.3 Å². The molecule has 3 nitrogen and oxygen atoms in total. The molecule has 18 heavy (non-hydrogen) atoms. The van der Waals surface area contributed by atoms with E-state index in [1.165, 1.54) is 31.5 Å². The molecule has 1 N–H and O–H groups in total. The van der Waals surface area contributed by atoms with Gasteiger partial charge in [-0.3, -0.25) is 0 Å². The predicted molar refractivity (Wildman–Crippen MR) is 79.0 cm³/mol. The van der Waals surface area contributed by atoms with Crippen molar-refractivity contribution in [1.29, 1.82) is 0 Å². The number of nitrogens with one attached hydrogen (secondary N) is 1. The van der Waals surface area contributed by atoms with E-state index in [4.69, 9.17) is 0 Å². The van der Waals surface area contributed by atoms with E-state index < -0.39 is 0 Å². The number of hydrogen-bond donors (Lipinski definition) is 1. The molecular formula is C15H27N3. The highest BCUT2D eigenvalue weighted by Gasteiger charge is 2.16. The summed E-state index contributed by atoms with van der Waals surface area (Å²) in [4.78, 5) is 6.73. The van der Waals surface area contributed by atoms with E-state index >= 15 is 0 Å². The van der Waals surface area contributed by atoms with Crippen LogP contribution in [0, 0.1) is 12.8 Å². The average molecular weight is 249 g/mol. The third-order valence-electron chi connectivity index (χ3n) is 3.21. The number of aryl methyl sites for hydroxylation is 1. The molecule has 1 saturated heterocycles. The minimum absolute atomic E-state index is 0.765. The van der Waals surface area contributed by atoms with E-state index in [1.54, 1.807) is 0 Å². The standard InChI is InChI=1S/C13H21N3.C2H6/c1-11-5-6-14-13(8-11)15-9-12-4-3-7-16(2)10-12;1-2/h5-6,8,12H,3-4,7,9-10H2,1-2H3,(H,14,15);1-2H3. The van der Waals surface area contributed by atoms with Gasteiger partial charge in [0.2, 0.25) is 0 Å². The normalized spacial score (nSPS) is 19.9. The number of pyridine rings is 1. The Labute approximate surface area is 112 Å². The second kappa shape index (κ2) is 8.09. The first-order valence-corrected chi connectivity index (χ1v) is 7.09. The predicted octanol–water partition coefficient (Wildman–Crippen LogP) is 3.17. The number of nitrogens with zero attached hydrogens (tertiary/aromatic N) is 2. The molecule has 0 aromatic carbocycles. The lowest BCUT2D eigenvalue weighted by Crippen LogP contribution is -2.35. The molecule has 0 radical (unpaired) electrons. The summed E-state index contributed by atoms with van der Waals surface area (Å²) < 4.78 is 0. The van der Waals surface area contributed by atoms with Crippen LogP contribution < -0.4 is 5.32 Å². The first-order valence-electron chi connectivity index (χ1n) is 7.09. The Hall–Kier alpha value is -1.09. The number of anilines is 1. The van der Waals surface area contributed by atoms with E-state index in [2.05, 4.69) is 35.2 Å². The number of rotatable bonds is 3. The van der Waals surface area contributed by atoms with Crippen LogP contribution in [0.25, 0.3) is 0 Å². The molecule has 0 saturated carbocycles. The lowest BCUT2D eigenvalue weighted by molar-refractivity contribution is 0.217. The molecule has 3 heteroatoms. The van der Waals surface area contributed by atoms with Crippen molar-refractivity contribution in [1.82, 2.24) is 9.88 Å². The molecule has 2 heterocycles. The zero-order valence-electron chi connectivity index (χ0n) is 12.2. The van der Waals surface area contributed by atoms with Crippen molar-refractivity contribution in [3.8, 4) is 0 Å². The maximum Gasteiger partial charge on any atom is 0.126 e. The second-order valence-corrected chi connectivity index (χ2v) is 4.87. The molecule has 0 spiro atoms. The number of piperidine rings is 1. The van der Waals surface area contributed by atoms with Gasteiger partial charge in [-0.2, -0.15) is 0 Å². The van der Waals surface area contributed by atoms with Crippen LogP contribution in [0.1, 0.15) is 32.3 Å². The minimum atomic E-state index is 0.765. The van der Waals surface area contributed by atoms with E-state index in [0.29, 0.717) is 0 Å². The summed E-state index contributed by atoms with van der Waals surface area (Å²) in [5, 5.41) is 3.44. The fraction of sp³-hybridized carbons (Fsp3) is 0.667. The molecule has 1 aromatic rings. The highest BCUT2D eigenvalue weighted by molar-refractivity contribution is 5.36. The fourth-order valence-corrected chi connectivity index (χ4v) is 2.32. The summed E-state index contributed by atoms with van der Waals surface area (Å²) in [5.74, 6) is 1.77. The number of aromatic nitrogens is 1. The Kier molecular flexibility index (Phi) is 6.73. The van der Waals surface area contributed by atoms with E-state index in [9.17, 15) is 0 Å². The van der Waals surface area contributed by atoms with Crippen molar-refractivity contribution in [3.63, 3.8) is 0 Å². The van der Waals surface area contributed by atoms with Gasteiger partial charge >= 0.3 is 0 Å². The molecular weight excluding hydrogens is 222 g/mol. The van der Waals surface area contributed by atoms with Crippen LogP contribution in [0.15, 0.2) is 18.3 Å². The summed E-state index contributed by atoms with van der Waals surface area (Å²) in [6, 6.07) is 4.13. The van der Waals surface area contributed by atoms with Crippen molar-refractivity contribution >= 4 is 5.82 Å². The van der Waals surface area contributed by atoms with Crippen molar-refractivity contribution in [2.45, 2.75) is 33.6 Å². The second-order valence-electron chi connectivity index (χ2n) is 4.87. The third kappa shape index (κ3) is 5.05. The highest BCUT2D eigenvalue weighted by atomic mass is 15.1. The summed E-state index contributed by atoms with van der Waals surface area (Å²) in [6.07, 6.45) is 4.53. The molecule has 0 bridgehead atoms. The summed E-state index contributed by atoms with van der Waals surface area (Å²) in [6.45, 7) is 9.60. The lowest BCUT2D eigenvalue weighted by Gasteiger charge is -2.29. The van der Waals surface area contributed by atoms with Crippen LogP contribution in [0.4, 0.5) is 5.82 Å². The summed E-state index contributed by atoms with van der Waals surface area (Å²) in [5.41, 5.74) is 1.26. The molecule has 1 unspecified atom stereocenters. The van der Waals surface area contributed by atoms with Crippen LogP contribution in [-0.2, 0) is 0 Å². The maximum atomic E-state index is 4.32. The van der Waals surface area contributed by atoms with E-state index in [-0.39, 0.29) is 0 Å². The lowest BCUT2D eigenvalue weighted by atomic mass is 9.98. The van der Waals surface area contributed by atoms with Crippen LogP contribution in [0.2, 0.25) is 0 Å². The van der Waals surface area contributed by atoms with Crippen molar-refractivity contribution < 1.29 is 0 Å². The SMILES string of the molecule is CC.Cc1ccnc(NCC2CCCN(C)C2)c1. The quantitative estimate of drug-likeness (QED) is 0.892. The van der Waals surface area contributed by atoms with Crippen molar-refractivity contribution in [3.05, 3.63) is 23.9 Å². The first-order chi connectivity index (χ1) is 8.74. The van der Waals surface area contributed by atoms with Crippen LogP contribution in [0.5, 0.6) is 0 Å². The average Bonchev–Trinajstić information content (AvgIpc) is 2.39. The smallest absolute Gasteiger partial charge is 0.126 e. The Bertz CT molecular complexity index is 338. The summed E-state index contributed by atoms with van der Waals surface area (Å²) >= 11 is 0. The Morgan fingerprint density at radius 3 is 2.89 bits per heavy atom. The third-order valence-corrected chi connectivity index (χ3v) is 3.21. The van der Waals surface area contributed by atoms with Crippen molar-refractivity contribution in [2.75, 3.05) is 32.0 Å². The fourth-order valence-electron chi connectivity index (χ4n) is 2.32. The highest BCUT2D eigenvalue weighted by Crippen LogP contribution is 2.15. The van der Waals surface area contributed by atoms with Gasteiger partial charge in [0.25, 0.3) is 0 Å². The molecule has 1 atom stereocenters. The summed E-state index contributed by atoms with van der Waals surface area (Å²) in [7, 11) is 2.21. The maximum absolute atomic E-state index is 4.32. The molecule has 1 aliphatic rings. The van der Waals surface area contributed by atoms with E-state index in [1.807, 2.05) is 26.1 Å². The van der Waals surface area contributed by atoms with Crippen molar-refractivity contribution in [2.24, 2.45) is 5.92 Å². The zero-order chi connectivity index (χ0) is 13.4. The van der Waals surface area contributed by atoms with Crippen LogP contribution >= 0.6 is 0 Å². The van der Waals surface area contributed by atoms with Gasteiger partial charge in [0.15, 0.2) is 0 Å². The molecule has 1 aliphatic heterocycles. The number of hydrogen-bond acceptors (Lipinski definition) is 3. The molecule has 1 aromatic heterocycles. The van der Waals surface area contributed by atoms with Crippen LogP contribution in [-0.4, -0.2) is 36.6 Å². The van der Waals surface area contributed by atoms with Gasteiger partial charge in [-0.25, -0.2) is 4.98 Å². The molecule has 2 rings (SSSR count). The largest absolute Gasteiger partial charge is 0.370 e. The first kappa shape index (κ1) is 15.0. The molecule has 0 amide bonds. The molecule has 0 aliphatic carbocycles. The minimum Gasteiger partial charge on any atom is -0.370 e. The van der Waals surface area contributed by atoms with Gasteiger partial charge in [0.1, 0.15) is 5.82 Å². The van der Waals surface area contributed by atoms with Crippen LogP contribution in [0.3, 0.4) is 0 Å². The molecule has 1 fully saturated rings. The van der Waals surface area contributed by atoms with Gasteiger partial charge < -0.3 is 10.2 Å². The van der Waals surface area contributed by atoms with Gasteiger partial charge in [-0.15, -0.1) is 0 Å². The number of likely N-dealkylation sites (tertiary alicyclic amines) is 1. The monoisotopic (exact) mass is 249 g/mol. The topological polar surface area (TPSA) is 28.2 Å². The Morgan fingerprint density at radius 2 is 2.22 bits per heavy atom.